The van der Waals surface area contributed by atoms with Crippen molar-refractivity contribution in [3.8, 4) is 5.75 Å². The maximum absolute atomic E-state index is 5.53. The number of guanidine groups is 1. The van der Waals surface area contributed by atoms with Crippen molar-refractivity contribution in [2.75, 3.05) is 64.9 Å². The molecule has 2 aliphatic heterocycles. The van der Waals surface area contributed by atoms with Crippen LogP contribution in [0.15, 0.2) is 29.3 Å². The molecular formula is C23H40IN5O. The van der Waals surface area contributed by atoms with Gasteiger partial charge in [0.2, 0.25) is 0 Å². The number of piperazine rings is 1. The average molecular weight is 530 g/mol. The second kappa shape index (κ2) is 13.2. The van der Waals surface area contributed by atoms with Crippen LogP contribution in [-0.4, -0.2) is 81.8 Å². The van der Waals surface area contributed by atoms with E-state index in [2.05, 4.69) is 44.1 Å². The fourth-order valence-electron chi connectivity index (χ4n) is 4.51. The molecular weight excluding hydrogens is 489 g/mol. The maximum atomic E-state index is 5.53. The molecule has 3 rings (SSSR count). The Labute approximate surface area is 200 Å². The minimum absolute atomic E-state index is 0. The van der Waals surface area contributed by atoms with Crippen LogP contribution in [0.3, 0.4) is 0 Å². The number of halogens is 1. The highest BCUT2D eigenvalue weighted by molar-refractivity contribution is 14.0. The number of benzene rings is 1. The topological polar surface area (TPSA) is 43.3 Å². The normalized spacial score (nSPS) is 20.6. The number of hydrogen-bond acceptors (Lipinski definition) is 4. The van der Waals surface area contributed by atoms with Crippen LogP contribution < -0.4 is 15.0 Å². The smallest absolute Gasteiger partial charge is 0.193 e. The van der Waals surface area contributed by atoms with E-state index in [1.807, 2.05) is 19.2 Å². The summed E-state index contributed by atoms with van der Waals surface area (Å²) in [5.41, 5.74) is 1.18. The summed E-state index contributed by atoms with van der Waals surface area (Å²) in [7, 11) is 3.64. The number of nitrogens with zero attached hydrogens (tertiary/aromatic N) is 4. The van der Waals surface area contributed by atoms with Gasteiger partial charge in [-0.2, -0.15) is 0 Å². The van der Waals surface area contributed by atoms with E-state index < -0.39 is 0 Å². The number of anilines is 1. The summed E-state index contributed by atoms with van der Waals surface area (Å²) in [4.78, 5) is 12.0. The first-order valence-electron chi connectivity index (χ1n) is 11.3. The predicted octanol–water partition coefficient (Wildman–Crippen LogP) is 3.67. The van der Waals surface area contributed by atoms with Crippen LogP contribution in [0.1, 0.15) is 39.0 Å². The molecule has 0 spiro atoms. The van der Waals surface area contributed by atoms with E-state index in [0.717, 1.165) is 50.5 Å². The molecule has 1 unspecified atom stereocenters. The van der Waals surface area contributed by atoms with Gasteiger partial charge in [-0.3, -0.25) is 4.99 Å². The molecule has 6 nitrogen and oxygen atoms in total. The Hall–Kier alpha value is -1.22. The first-order valence-corrected chi connectivity index (χ1v) is 11.3. The van der Waals surface area contributed by atoms with Gasteiger partial charge in [-0.1, -0.05) is 18.6 Å². The first kappa shape index (κ1) is 25.0. The predicted molar refractivity (Wildman–Crippen MR) is 138 cm³/mol. The lowest BCUT2D eigenvalue weighted by Gasteiger charge is -2.38. The van der Waals surface area contributed by atoms with Gasteiger partial charge in [-0.05, 0) is 57.8 Å². The van der Waals surface area contributed by atoms with Gasteiger partial charge in [-0.15, -0.1) is 24.0 Å². The lowest BCUT2D eigenvalue weighted by Crippen LogP contribution is -2.52. The molecule has 1 N–H and O–H groups in total. The molecule has 0 radical (unpaired) electrons. The van der Waals surface area contributed by atoms with Crippen molar-refractivity contribution in [3.63, 3.8) is 0 Å². The number of nitrogens with one attached hydrogen (secondary N) is 1. The quantitative estimate of drug-likeness (QED) is 0.253. The summed E-state index contributed by atoms with van der Waals surface area (Å²) in [5.74, 6) is 1.99. The largest absolute Gasteiger partial charge is 0.495 e. The number of para-hydroxylation sites is 2. The van der Waals surface area contributed by atoms with Crippen molar-refractivity contribution in [1.82, 2.24) is 15.1 Å². The molecule has 2 heterocycles. The van der Waals surface area contributed by atoms with E-state index >= 15 is 0 Å². The number of hydrogen-bond donors (Lipinski definition) is 1. The van der Waals surface area contributed by atoms with Crippen molar-refractivity contribution in [2.45, 2.75) is 45.1 Å². The van der Waals surface area contributed by atoms with E-state index in [1.54, 1.807) is 7.11 Å². The zero-order chi connectivity index (χ0) is 20.5. The van der Waals surface area contributed by atoms with Crippen molar-refractivity contribution < 1.29 is 4.74 Å². The molecule has 0 aliphatic carbocycles. The van der Waals surface area contributed by atoms with Crippen LogP contribution in [-0.2, 0) is 0 Å². The Morgan fingerprint density at radius 3 is 2.57 bits per heavy atom. The number of likely N-dealkylation sites (tertiary alicyclic amines) is 1. The minimum atomic E-state index is 0. The highest BCUT2D eigenvalue weighted by atomic mass is 127. The SMILES string of the molecule is CN=C(NCCCCN1CCCCC1C)N1CCN(c2ccccc2OC)CC1.I. The van der Waals surface area contributed by atoms with E-state index in [0.29, 0.717) is 0 Å². The van der Waals surface area contributed by atoms with Crippen LogP contribution in [0.5, 0.6) is 5.75 Å². The molecule has 2 saturated heterocycles. The Morgan fingerprint density at radius 1 is 1.10 bits per heavy atom. The van der Waals surface area contributed by atoms with Crippen LogP contribution in [0, 0.1) is 0 Å². The first-order chi connectivity index (χ1) is 14.2. The lowest BCUT2D eigenvalue weighted by molar-refractivity contribution is 0.158. The highest BCUT2D eigenvalue weighted by Crippen LogP contribution is 2.28. The van der Waals surface area contributed by atoms with Gasteiger partial charge >= 0.3 is 0 Å². The second-order valence-corrected chi connectivity index (χ2v) is 8.21. The fourth-order valence-corrected chi connectivity index (χ4v) is 4.51. The summed E-state index contributed by atoms with van der Waals surface area (Å²) in [6.45, 7) is 9.81. The summed E-state index contributed by atoms with van der Waals surface area (Å²) >= 11 is 0. The van der Waals surface area contributed by atoms with E-state index in [4.69, 9.17) is 4.74 Å². The minimum Gasteiger partial charge on any atom is -0.495 e. The average Bonchev–Trinajstić information content (AvgIpc) is 2.77. The molecule has 1 aromatic rings. The molecule has 2 fully saturated rings. The van der Waals surface area contributed by atoms with Crippen LogP contribution in [0.2, 0.25) is 0 Å². The van der Waals surface area contributed by atoms with Gasteiger partial charge in [0, 0.05) is 45.8 Å². The van der Waals surface area contributed by atoms with E-state index in [1.165, 1.54) is 50.9 Å². The maximum Gasteiger partial charge on any atom is 0.193 e. The third kappa shape index (κ3) is 6.90. The van der Waals surface area contributed by atoms with Gasteiger partial charge in [0.25, 0.3) is 0 Å². The Bertz CT molecular complexity index is 648. The Morgan fingerprint density at radius 2 is 1.87 bits per heavy atom. The lowest BCUT2D eigenvalue weighted by atomic mass is 10.0. The third-order valence-corrected chi connectivity index (χ3v) is 6.31. The molecule has 7 heteroatoms. The number of unbranched alkanes of at least 4 members (excludes halogenated alkanes) is 1. The van der Waals surface area contributed by atoms with Gasteiger partial charge in [-0.25, -0.2) is 0 Å². The summed E-state index contributed by atoms with van der Waals surface area (Å²) in [6.07, 6.45) is 6.60. The summed E-state index contributed by atoms with van der Waals surface area (Å²) < 4.78 is 5.53. The van der Waals surface area contributed by atoms with Crippen LogP contribution in [0.25, 0.3) is 0 Å². The van der Waals surface area contributed by atoms with Crippen molar-refractivity contribution in [1.29, 1.82) is 0 Å². The third-order valence-electron chi connectivity index (χ3n) is 6.31. The number of methoxy groups -OCH3 is 1. The molecule has 1 aromatic carbocycles. The monoisotopic (exact) mass is 529 g/mol. The zero-order valence-electron chi connectivity index (χ0n) is 19.0. The number of aliphatic imine (C=N–C) groups is 1. The summed E-state index contributed by atoms with van der Waals surface area (Å²) in [6, 6.07) is 9.05. The Kier molecular flexibility index (Phi) is 11.1. The Balaban J connectivity index is 0.00000320. The second-order valence-electron chi connectivity index (χ2n) is 8.21. The fraction of sp³-hybridized carbons (Fsp3) is 0.696. The molecule has 1 atom stereocenters. The van der Waals surface area contributed by atoms with Crippen molar-refractivity contribution in [3.05, 3.63) is 24.3 Å². The zero-order valence-corrected chi connectivity index (χ0v) is 21.3. The molecule has 0 saturated carbocycles. The van der Waals surface area contributed by atoms with Crippen molar-refractivity contribution in [2.24, 2.45) is 4.99 Å². The van der Waals surface area contributed by atoms with E-state index in [9.17, 15) is 0 Å². The molecule has 0 amide bonds. The van der Waals surface area contributed by atoms with Gasteiger partial charge in [0.05, 0.1) is 12.8 Å². The molecule has 30 heavy (non-hydrogen) atoms. The highest BCUT2D eigenvalue weighted by Gasteiger charge is 2.21. The molecule has 0 aromatic heterocycles. The molecule has 2 aliphatic rings. The van der Waals surface area contributed by atoms with Crippen molar-refractivity contribution >= 4 is 35.6 Å². The number of rotatable bonds is 7. The van der Waals surface area contributed by atoms with Gasteiger partial charge < -0.3 is 24.8 Å². The van der Waals surface area contributed by atoms with E-state index in [-0.39, 0.29) is 24.0 Å². The molecule has 170 valence electrons. The standard InChI is InChI=1S/C23H39N5O.HI/c1-20-10-6-8-14-26(20)15-9-7-13-25-23(24-2)28-18-16-27(17-19-28)21-11-4-5-12-22(21)29-3;/h4-5,11-12,20H,6-10,13-19H2,1-3H3,(H,24,25);1H. The van der Waals surface area contributed by atoms with Crippen LogP contribution >= 0.6 is 24.0 Å². The number of piperidine rings is 1. The van der Waals surface area contributed by atoms with Gasteiger partial charge in [0.15, 0.2) is 5.96 Å². The van der Waals surface area contributed by atoms with Gasteiger partial charge in [0.1, 0.15) is 5.75 Å². The molecule has 0 bridgehead atoms. The summed E-state index contributed by atoms with van der Waals surface area (Å²) in [5, 5.41) is 3.58. The van der Waals surface area contributed by atoms with Crippen LogP contribution in [0.4, 0.5) is 5.69 Å². The number of ether oxygens (including phenoxy) is 1.